The third-order valence-corrected chi connectivity index (χ3v) is 3.57. The van der Waals surface area contributed by atoms with E-state index >= 15 is 0 Å². The van der Waals surface area contributed by atoms with E-state index in [2.05, 4.69) is 15.3 Å². The molecule has 2 aromatic rings. The van der Waals surface area contributed by atoms with Crippen LogP contribution in [0.5, 0.6) is 0 Å². The first-order chi connectivity index (χ1) is 11.4. The van der Waals surface area contributed by atoms with E-state index in [-0.39, 0.29) is 18.4 Å². The fourth-order valence-corrected chi connectivity index (χ4v) is 2.51. The number of carboxylic acid groups (broad SMARTS) is 1. The first-order valence-electron chi connectivity index (χ1n) is 7.83. The summed E-state index contributed by atoms with van der Waals surface area (Å²) in [5.74, 6) is -0.656. The molecule has 126 valence electrons. The number of carbonyl (C=O) groups is 2. The molecule has 24 heavy (non-hydrogen) atoms. The highest BCUT2D eigenvalue weighted by Crippen LogP contribution is 2.09. The van der Waals surface area contributed by atoms with E-state index in [1.165, 1.54) is 0 Å². The molecule has 0 fully saturated rings. The summed E-state index contributed by atoms with van der Waals surface area (Å²) in [6, 6.07) is 11.0. The third kappa shape index (κ3) is 5.46. The number of nitrogens with one attached hydrogen (secondary N) is 1. The Bertz CT molecular complexity index is 696. The van der Waals surface area contributed by atoms with Crippen molar-refractivity contribution in [3.8, 4) is 0 Å². The molecule has 6 nitrogen and oxygen atoms in total. The predicted molar refractivity (Wildman–Crippen MR) is 89.8 cm³/mol. The number of carbonyl (C=O) groups excluding carboxylic acids is 1. The molecule has 2 rings (SSSR count). The Morgan fingerprint density at radius 2 is 1.88 bits per heavy atom. The summed E-state index contributed by atoms with van der Waals surface area (Å²) >= 11 is 0. The van der Waals surface area contributed by atoms with Crippen LogP contribution in [0.3, 0.4) is 0 Å². The third-order valence-electron chi connectivity index (χ3n) is 3.57. The number of rotatable bonds is 7. The molecule has 6 heteroatoms. The quantitative estimate of drug-likeness (QED) is 0.814. The molecule has 1 aromatic heterocycles. The molecule has 0 aliphatic carbocycles. The molecular weight excluding hydrogens is 306 g/mol. The lowest BCUT2D eigenvalue weighted by Crippen LogP contribution is -2.37. The van der Waals surface area contributed by atoms with Gasteiger partial charge in [0.1, 0.15) is 11.5 Å². The number of hydrogen-bond donors (Lipinski definition) is 2. The molecule has 1 unspecified atom stereocenters. The van der Waals surface area contributed by atoms with Crippen molar-refractivity contribution in [1.82, 2.24) is 15.3 Å². The van der Waals surface area contributed by atoms with Gasteiger partial charge in [0, 0.05) is 18.2 Å². The number of nitrogens with zero attached hydrogens (tertiary/aromatic N) is 2. The largest absolute Gasteiger partial charge is 0.481 e. The average Bonchev–Trinajstić information content (AvgIpc) is 2.52. The van der Waals surface area contributed by atoms with Gasteiger partial charge in [0.2, 0.25) is 0 Å². The summed E-state index contributed by atoms with van der Waals surface area (Å²) in [5.41, 5.74) is 2.06. The summed E-state index contributed by atoms with van der Waals surface area (Å²) < 4.78 is 0. The summed E-state index contributed by atoms with van der Waals surface area (Å²) in [5, 5.41) is 11.8. The molecule has 0 spiro atoms. The van der Waals surface area contributed by atoms with Crippen molar-refractivity contribution in [3.05, 3.63) is 59.2 Å². The smallest absolute Gasteiger partial charge is 0.303 e. The van der Waals surface area contributed by atoms with E-state index in [0.29, 0.717) is 24.4 Å². The maximum absolute atomic E-state index is 12.4. The Morgan fingerprint density at radius 3 is 2.50 bits per heavy atom. The summed E-state index contributed by atoms with van der Waals surface area (Å²) in [4.78, 5) is 31.6. The highest BCUT2D eigenvalue weighted by molar-refractivity contribution is 5.92. The second-order valence-corrected chi connectivity index (χ2v) is 5.73. The summed E-state index contributed by atoms with van der Waals surface area (Å²) in [7, 11) is 0. The molecule has 1 atom stereocenters. The lowest BCUT2D eigenvalue weighted by molar-refractivity contribution is -0.137. The van der Waals surface area contributed by atoms with Crippen molar-refractivity contribution in [3.63, 3.8) is 0 Å². The zero-order chi connectivity index (χ0) is 17.5. The van der Waals surface area contributed by atoms with E-state index in [1.807, 2.05) is 30.3 Å². The Hall–Kier alpha value is -2.76. The fraction of sp³-hybridized carbons (Fsp3) is 0.333. The second-order valence-electron chi connectivity index (χ2n) is 5.73. The van der Waals surface area contributed by atoms with E-state index < -0.39 is 5.97 Å². The molecule has 0 saturated carbocycles. The molecule has 0 saturated heterocycles. The first-order valence-corrected chi connectivity index (χ1v) is 7.83. The number of aliphatic carboxylic acids is 1. The topological polar surface area (TPSA) is 92.2 Å². The SMILES string of the molecule is Cc1cc(C(=O)NC(CCC(=O)O)Cc2ccccc2)nc(C)n1. The Labute approximate surface area is 141 Å². The van der Waals surface area contributed by atoms with E-state index in [4.69, 9.17) is 5.11 Å². The summed E-state index contributed by atoms with van der Waals surface area (Å²) in [6.45, 7) is 3.53. The number of carboxylic acids is 1. The van der Waals surface area contributed by atoms with E-state index in [0.717, 1.165) is 11.3 Å². The van der Waals surface area contributed by atoms with Gasteiger partial charge in [0.25, 0.3) is 5.91 Å². The maximum Gasteiger partial charge on any atom is 0.303 e. The molecule has 0 bridgehead atoms. The van der Waals surface area contributed by atoms with Gasteiger partial charge in [-0.15, -0.1) is 0 Å². The minimum absolute atomic E-state index is 0.000387. The highest BCUT2D eigenvalue weighted by atomic mass is 16.4. The molecule has 1 amide bonds. The van der Waals surface area contributed by atoms with Gasteiger partial charge in [-0.2, -0.15) is 0 Å². The zero-order valence-electron chi connectivity index (χ0n) is 13.8. The molecule has 2 N–H and O–H groups in total. The van der Waals surface area contributed by atoms with E-state index in [9.17, 15) is 9.59 Å². The van der Waals surface area contributed by atoms with Crippen LogP contribution < -0.4 is 5.32 Å². The number of aromatic nitrogens is 2. The fourth-order valence-electron chi connectivity index (χ4n) is 2.51. The number of amides is 1. The van der Waals surface area contributed by atoms with Crippen molar-refractivity contribution >= 4 is 11.9 Å². The number of benzene rings is 1. The van der Waals surface area contributed by atoms with Crippen LogP contribution in [0.25, 0.3) is 0 Å². The van der Waals surface area contributed by atoms with Gasteiger partial charge in [-0.3, -0.25) is 9.59 Å². The van der Waals surface area contributed by atoms with Gasteiger partial charge in [0.05, 0.1) is 0 Å². The van der Waals surface area contributed by atoms with Gasteiger partial charge < -0.3 is 10.4 Å². The van der Waals surface area contributed by atoms with Crippen LogP contribution in [0.15, 0.2) is 36.4 Å². The number of aryl methyl sites for hydroxylation is 2. The van der Waals surface area contributed by atoms with Crippen molar-refractivity contribution in [2.24, 2.45) is 0 Å². The van der Waals surface area contributed by atoms with Crippen LogP contribution in [-0.4, -0.2) is 33.0 Å². The molecule has 1 aromatic carbocycles. The van der Waals surface area contributed by atoms with Crippen LogP contribution in [-0.2, 0) is 11.2 Å². The highest BCUT2D eigenvalue weighted by Gasteiger charge is 2.17. The lowest BCUT2D eigenvalue weighted by atomic mass is 10.0. The zero-order valence-corrected chi connectivity index (χ0v) is 13.8. The average molecular weight is 327 g/mol. The van der Waals surface area contributed by atoms with Crippen LogP contribution in [0.2, 0.25) is 0 Å². The molecule has 0 aliphatic heterocycles. The van der Waals surface area contributed by atoms with Gasteiger partial charge in [-0.25, -0.2) is 9.97 Å². The van der Waals surface area contributed by atoms with Gasteiger partial charge in [-0.1, -0.05) is 30.3 Å². The van der Waals surface area contributed by atoms with Crippen molar-refractivity contribution in [1.29, 1.82) is 0 Å². The van der Waals surface area contributed by atoms with Crippen LogP contribution in [0, 0.1) is 13.8 Å². The minimum Gasteiger partial charge on any atom is -0.481 e. The van der Waals surface area contributed by atoms with Gasteiger partial charge in [-0.05, 0) is 38.3 Å². The lowest BCUT2D eigenvalue weighted by Gasteiger charge is -2.18. The van der Waals surface area contributed by atoms with Crippen LogP contribution in [0.4, 0.5) is 0 Å². The van der Waals surface area contributed by atoms with Gasteiger partial charge >= 0.3 is 5.97 Å². The van der Waals surface area contributed by atoms with E-state index in [1.54, 1.807) is 19.9 Å². The molecule has 0 aliphatic rings. The molecular formula is C18H21N3O3. The monoisotopic (exact) mass is 327 g/mol. The standard InChI is InChI=1S/C18H21N3O3/c1-12-10-16(20-13(2)19-12)18(24)21-15(8-9-17(22)23)11-14-6-4-3-5-7-14/h3-7,10,15H,8-9,11H2,1-2H3,(H,21,24)(H,22,23). The minimum atomic E-state index is -0.879. The first kappa shape index (κ1) is 17.6. The Morgan fingerprint density at radius 1 is 1.17 bits per heavy atom. The van der Waals surface area contributed by atoms with Crippen molar-refractivity contribution < 1.29 is 14.7 Å². The normalized spacial score (nSPS) is 11.8. The molecule has 0 radical (unpaired) electrons. The molecule has 1 heterocycles. The summed E-state index contributed by atoms with van der Waals surface area (Å²) in [6.07, 6.45) is 0.932. The maximum atomic E-state index is 12.4. The Kier molecular flexibility index (Phi) is 6.01. The van der Waals surface area contributed by atoms with Crippen molar-refractivity contribution in [2.45, 2.75) is 39.2 Å². The van der Waals surface area contributed by atoms with Crippen LogP contribution >= 0.6 is 0 Å². The predicted octanol–water partition coefficient (Wildman–Crippen LogP) is 2.30. The number of hydrogen-bond acceptors (Lipinski definition) is 4. The Balaban J connectivity index is 2.11. The second kappa shape index (κ2) is 8.19. The van der Waals surface area contributed by atoms with Crippen LogP contribution in [0.1, 0.15) is 40.4 Å². The van der Waals surface area contributed by atoms with Gasteiger partial charge in [0.15, 0.2) is 0 Å². The van der Waals surface area contributed by atoms with Crippen molar-refractivity contribution in [2.75, 3.05) is 0 Å².